The summed E-state index contributed by atoms with van der Waals surface area (Å²) in [5, 5.41) is 0. The molecule has 4 aromatic rings. The SMILES string of the molecule is Cc1ccc(CN2C(=O)C3(N=C(c4ccccc4)N4CCc5cccc3c54)c3ccccc32)cc1. The summed E-state index contributed by atoms with van der Waals surface area (Å²) < 4.78 is 0. The van der Waals surface area contributed by atoms with E-state index in [1.807, 2.05) is 35.2 Å². The molecule has 3 aliphatic heterocycles. The van der Waals surface area contributed by atoms with Crippen LogP contribution in [0.3, 0.4) is 0 Å². The number of amidine groups is 1. The molecular formula is C31H25N3O. The highest BCUT2D eigenvalue weighted by molar-refractivity contribution is 6.19. The summed E-state index contributed by atoms with van der Waals surface area (Å²) in [4.78, 5) is 24.2. The van der Waals surface area contributed by atoms with Crippen molar-refractivity contribution in [1.82, 2.24) is 0 Å². The lowest BCUT2D eigenvalue weighted by atomic mass is 9.81. The third-order valence-electron chi connectivity index (χ3n) is 7.55. The van der Waals surface area contributed by atoms with Gasteiger partial charge in [0.1, 0.15) is 5.84 Å². The minimum Gasteiger partial charge on any atom is -0.325 e. The second-order valence-electron chi connectivity index (χ2n) is 9.62. The van der Waals surface area contributed by atoms with Crippen LogP contribution in [-0.4, -0.2) is 18.3 Å². The Hall–Kier alpha value is -4.18. The molecule has 0 bridgehead atoms. The van der Waals surface area contributed by atoms with Crippen LogP contribution >= 0.6 is 0 Å². The molecule has 1 spiro atoms. The van der Waals surface area contributed by atoms with Crippen LogP contribution in [0.2, 0.25) is 0 Å². The van der Waals surface area contributed by atoms with Gasteiger partial charge in [0, 0.05) is 23.2 Å². The minimum absolute atomic E-state index is 0.0210. The van der Waals surface area contributed by atoms with Crippen molar-refractivity contribution in [2.75, 3.05) is 16.3 Å². The van der Waals surface area contributed by atoms with Crippen LogP contribution in [-0.2, 0) is 23.3 Å². The van der Waals surface area contributed by atoms with Gasteiger partial charge in [-0.05, 0) is 30.5 Å². The van der Waals surface area contributed by atoms with Crippen LogP contribution in [0.15, 0.2) is 102 Å². The molecule has 0 saturated carbocycles. The fourth-order valence-electron chi connectivity index (χ4n) is 5.88. The summed E-state index contributed by atoms with van der Waals surface area (Å²) in [6.45, 7) is 3.48. The van der Waals surface area contributed by atoms with E-state index in [-0.39, 0.29) is 5.91 Å². The molecule has 35 heavy (non-hydrogen) atoms. The highest BCUT2D eigenvalue weighted by Gasteiger charge is 2.56. The Bertz CT molecular complexity index is 1510. The summed E-state index contributed by atoms with van der Waals surface area (Å²) in [5.74, 6) is 0.899. The number of rotatable bonds is 3. The van der Waals surface area contributed by atoms with Crippen molar-refractivity contribution in [3.63, 3.8) is 0 Å². The molecule has 1 amide bonds. The number of carbonyl (C=O) groups is 1. The molecule has 0 radical (unpaired) electrons. The first-order valence-corrected chi connectivity index (χ1v) is 12.2. The van der Waals surface area contributed by atoms with Crippen LogP contribution < -0.4 is 9.80 Å². The molecule has 1 atom stereocenters. The molecule has 3 aliphatic rings. The van der Waals surface area contributed by atoms with Crippen LogP contribution in [0.1, 0.15) is 33.4 Å². The molecule has 170 valence electrons. The number of nitrogens with zero attached hydrogens (tertiary/aromatic N) is 3. The lowest BCUT2D eigenvalue weighted by Gasteiger charge is -2.37. The maximum Gasteiger partial charge on any atom is 0.264 e. The Balaban J connectivity index is 1.48. The summed E-state index contributed by atoms with van der Waals surface area (Å²) in [7, 11) is 0. The van der Waals surface area contributed by atoms with Gasteiger partial charge >= 0.3 is 0 Å². The maximum absolute atomic E-state index is 14.6. The number of fused-ring (bicyclic) bond motifs is 3. The number of benzene rings is 4. The third kappa shape index (κ3) is 2.80. The van der Waals surface area contributed by atoms with Gasteiger partial charge in [-0.2, -0.15) is 0 Å². The average Bonchev–Trinajstić information content (AvgIpc) is 3.43. The van der Waals surface area contributed by atoms with E-state index in [0.717, 1.165) is 52.4 Å². The summed E-state index contributed by atoms with van der Waals surface area (Å²) in [5.41, 5.74) is 7.62. The molecule has 0 aromatic heterocycles. The number of anilines is 2. The molecule has 4 nitrogen and oxygen atoms in total. The largest absolute Gasteiger partial charge is 0.325 e. The van der Waals surface area contributed by atoms with Gasteiger partial charge in [-0.3, -0.25) is 4.79 Å². The second kappa shape index (κ2) is 7.41. The first-order chi connectivity index (χ1) is 17.2. The minimum atomic E-state index is -1.08. The molecule has 0 aliphatic carbocycles. The zero-order chi connectivity index (χ0) is 23.6. The number of hydrogen-bond acceptors (Lipinski definition) is 3. The quantitative estimate of drug-likeness (QED) is 0.403. The first kappa shape index (κ1) is 20.2. The van der Waals surface area contributed by atoms with E-state index < -0.39 is 5.54 Å². The predicted octanol–water partition coefficient (Wildman–Crippen LogP) is 5.61. The van der Waals surface area contributed by atoms with Gasteiger partial charge in [-0.1, -0.05) is 96.6 Å². The van der Waals surface area contributed by atoms with Crippen LogP contribution in [0.4, 0.5) is 11.4 Å². The fourth-order valence-corrected chi connectivity index (χ4v) is 5.88. The van der Waals surface area contributed by atoms with Crippen molar-refractivity contribution in [2.24, 2.45) is 4.99 Å². The third-order valence-corrected chi connectivity index (χ3v) is 7.55. The number of aryl methyl sites for hydroxylation is 1. The van der Waals surface area contributed by atoms with E-state index in [2.05, 4.69) is 78.6 Å². The number of aliphatic imine (C=N–C) groups is 1. The van der Waals surface area contributed by atoms with E-state index in [9.17, 15) is 4.79 Å². The standard InChI is InChI=1S/C31H25N3O/c1-21-14-16-22(17-15-21)20-34-27-13-6-5-11-25(27)31(30(34)35)26-12-7-10-23-18-19-33(28(23)26)29(32-31)24-8-3-2-4-9-24/h2-17H,18-20H2,1H3. The van der Waals surface area contributed by atoms with Gasteiger partial charge in [-0.25, -0.2) is 4.99 Å². The normalized spacial score (nSPS) is 19.7. The lowest BCUT2D eigenvalue weighted by molar-refractivity contribution is -0.121. The van der Waals surface area contributed by atoms with Crippen molar-refractivity contribution in [3.05, 3.63) is 130 Å². The van der Waals surface area contributed by atoms with Gasteiger partial charge in [0.25, 0.3) is 5.91 Å². The van der Waals surface area contributed by atoms with E-state index in [0.29, 0.717) is 6.54 Å². The molecular weight excluding hydrogens is 430 g/mol. The average molecular weight is 456 g/mol. The summed E-state index contributed by atoms with van der Waals surface area (Å²) in [6.07, 6.45) is 0.952. The van der Waals surface area contributed by atoms with E-state index in [4.69, 9.17) is 4.99 Å². The van der Waals surface area contributed by atoms with Crippen molar-refractivity contribution < 1.29 is 4.79 Å². The van der Waals surface area contributed by atoms with Crippen LogP contribution in [0, 0.1) is 6.92 Å². The Kier molecular flexibility index (Phi) is 4.28. The molecule has 1 unspecified atom stereocenters. The molecule has 3 heterocycles. The number of para-hydroxylation sites is 2. The monoisotopic (exact) mass is 455 g/mol. The molecule has 0 N–H and O–H groups in total. The molecule has 0 saturated heterocycles. The van der Waals surface area contributed by atoms with Gasteiger partial charge in [-0.15, -0.1) is 0 Å². The van der Waals surface area contributed by atoms with Crippen molar-refractivity contribution in [3.8, 4) is 0 Å². The van der Waals surface area contributed by atoms with Crippen LogP contribution in [0.25, 0.3) is 0 Å². The lowest BCUT2D eigenvalue weighted by Crippen LogP contribution is -2.46. The number of carbonyl (C=O) groups excluding carboxylic acids is 1. The summed E-state index contributed by atoms with van der Waals surface area (Å²) >= 11 is 0. The molecule has 0 fully saturated rings. The zero-order valence-corrected chi connectivity index (χ0v) is 19.6. The van der Waals surface area contributed by atoms with Gasteiger partial charge in [0.05, 0.1) is 17.9 Å². The Morgan fingerprint density at radius 3 is 2.40 bits per heavy atom. The number of amides is 1. The maximum atomic E-state index is 14.6. The van der Waals surface area contributed by atoms with Gasteiger partial charge < -0.3 is 9.80 Å². The Morgan fingerprint density at radius 1 is 0.829 bits per heavy atom. The number of hydrogen-bond donors (Lipinski definition) is 0. The predicted molar refractivity (Wildman–Crippen MR) is 140 cm³/mol. The van der Waals surface area contributed by atoms with E-state index >= 15 is 0 Å². The van der Waals surface area contributed by atoms with Crippen molar-refractivity contribution in [2.45, 2.75) is 25.4 Å². The first-order valence-electron chi connectivity index (χ1n) is 12.2. The van der Waals surface area contributed by atoms with Crippen LogP contribution in [0.5, 0.6) is 0 Å². The topological polar surface area (TPSA) is 35.9 Å². The Morgan fingerprint density at radius 2 is 1.57 bits per heavy atom. The summed E-state index contributed by atoms with van der Waals surface area (Å²) in [6, 6.07) is 33.3. The van der Waals surface area contributed by atoms with Gasteiger partial charge in [0.2, 0.25) is 0 Å². The highest BCUT2D eigenvalue weighted by Crippen LogP contribution is 2.54. The van der Waals surface area contributed by atoms with Crippen molar-refractivity contribution in [1.29, 1.82) is 0 Å². The Labute approximate surface area is 205 Å². The fraction of sp³-hybridized carbons (Fsp3) is 0.161. The molecule has 4 heteroatoms. The zero-order valence-electron chi connectivity index (χ0n) is 19.6. The molecule has 7 rings (SSSR count). The second-order valence-corrected chi connectivity index (χ2v) is 9.62. The van der Waals surface area contributed by atoms with Crippen molar-refractivity contribution >= 4 is 23.1 Å². The smallest absolute Gasteiger partial charge is 0.264 e. The van der Waals surface area contributed by atoms with Gasteiger partial charge in [0.15, 0.2) is 5.54 Å². The highest BCUT2D eigenvalue weighted by atomic mass is 16.2. The van der Waals surface area contributed by atoms with E-state index in [1.165, 1.54) is 11.1 Å². The van der Waals surface area contributed by atoms with E-state index in [1.54, 1.807) is 0 Å². The molecule has 4 aromatic carbocycles.